The van der Waals surface area contributed by atoms with Crippen LogP contribution in [0, 0.1) is 13.8 Å². The quantitative estimate of drug-likeness (QED) is 0.813. The van der Waals surface area contributed by atoms with Gasteiger partial charge in [0.05, 0.1) is 5.69 Å². The molecule has 0 atom stereocenters. The molecular weight excluding hydrogens is 354 g/mol. The van der Waals surface area contributed by atoms with Crippen molar-refractivity contribution in [2.75, 3.05) is 19.7 Å². The highest BCUT2D eigenvalue weighted by Crippen LogP contribution is 2.28. The Hall–Kier alpha value is -1.59. The summed E-state index contributed by atoms with van der Waals surface area (Å²) in [6.07, 6.45) is 3.22. The van der Waals surface area contributed by atoms with Crippen LogP contribution in [0.1, 0.15) is 22.5 Å². The van der Waals surface area contributed by atoms with E-state index in [1.165, 1.54) is 16.8 Å². The molecule has 0 bridgehead atoms. The van der Waals surface area contributed by atoms with Gasteiger partial charge in [0.1, 0.15) is 12.4 Å². The maximum absolute atomic E-state index is 5.81. The van der Waals surface area contributed by atoms with Crippen LogP contribution < -0.4 is 10.1 Å². The molecule has 5 heteroatoms. The van der Waals surface area contributed by atoms with Crippen molar-refractivity contribution in [2.24, 2.45) is 7.05 Å². The third kappa shape index (κ3) is 3.67. The van der Waals surface area contributed by atoms with Crippen molar-refractivity contribution in [1.29, 1.82) is 0 Å². The topological polar surface area (TPSA) is 39.1 Å². The van der Waals surface area contributed by atoms with Crippen molar-refractivity contribution in [2.45, 2.75) is 20.3 Å². The molecule has 0 amide bonds. The maximum atomic E-state index is 5.81. The van der Waals surface area contributed by atoms with Gasteiger partial charge in [-0.05, 0) is 62.2 Å². The van der Waals surface area contributed by atoms with Crippen LogP contribution >= 0.6 is 15.9 Å². The molecule has 1 N–H and O–H groups in total. The standard InChI is InChI=1S/C18H22BrN3O/c1-12-17(13(2)22(3)21-12)6-7-20-10-14-8-15-9-16(19)4-5-18(15)23-11-14/h4-5,8-9,20H,6-7,10-11H2,1-3H3. The van der Waals surface area contributed by atoms with E-state index in [1.807, 2.05) is 23.9 Å². The van der Waals surface area contributed by atoms with Crippen LogP contribution in [0.2, 0.25) is 0 Å². The Balaban J connectivity index is 1.55. The van der Waals surface area contributed by atoms with Gasteiger partial charge in [-0.1, -0.05) is 15.9 Å². The first-order valence-corrected chi connectivity index (χ1v) is 8.65. The Kier molecular flexibility index (Phi) is 4.87. The minimum Gasteiger partial charge on any atom is -0.489 e. The van der Waals surface area contributed by atoms with E-state index in [0.717, 1.165) is 41.0 Å². The van der Waals surface area contributed by atoms with E-state index in [-0.39, 0.29) is 0 Å². The van der Waals surface area contributed by atoms with E-state index < -0.39 is 0 Å². The van der Waals surface area contributed by atoms with Crippen molar-refractivity contribution in [3.05, 3.63) is 50.8 Å². The number of hydrogen-bond acceptors (Lipinski definition) is 3. The molecule has 4 nitrogen and oxygen atoms in total. The second-order valence-electron chi connectivity index (χ2n) is 5.97. The lowest BCUT2D eigenvalue weighted by Crippen LogP contribution is -2.24. The molecule has 1 aliphatic heterocycles. The minimum absolute atomic E-state index is 0.659. The van der Waals surface area contributed by atoms with Gasteiger partial charge in [-0.15, -0.1) is 0 Å². The number of aromatic nitrogens is 2. The number of benzene rings is 1. The first kappa shape index (κ1) is 16.3. The van der Waals surface area contributed by atoms with Crippen molar-refractivity contribution in [1.82, 2.24) is 15.1 Å². The van der Waals surface area contributed by atoms with Gasteiger partial charge in [-0.3, -0.25) is 4.68 Å². The maximum Gasteiger partial charge on any atom is 0.127 e. The summed E-state index contributed by atoms with van der Waals surface area (Å²) in [5, 5.41) is 7.98. The van der Waals surface area contributed by atoms with Gasteiger partial charge in [0.2, 0.25) is 0 Å². The SMILES string of the molecule is Cc1nn(C)c(C)c1CCNCC1=Cc2cc(Br)ccc2OC1. The molecule has 0 saturated heterocycles. The number of nitrogens with zero attached hydrogens (tertiary/aromatic N) is 2. The fraction of sp³-hybridized carbons (Fsp3) is 0.389. The molecule has 0 unspecified atom stereocenters. The number of halogens is 1. The first-order valence-electron chi connectivity index (χ1n) is 7.86. The van der Waals surface area contributed by atoms with Crippen LogP contribution in [0.3, 0.4) is 0 Å². The highest BCUT2D eigenvalue weighted by molar-refractivity contribution is 9.10. The van der Waals surface area contributed by atoms with Crippen molar-refractivity contribution in [3.63, 3.8) is 0 Å². The molecule has 2 heterocycles. The van der Waals surface area contributed by atoms with Gasteiger partial charge in [0, 0.05) is 29.3 Å². The second-order valence-corrected chi connectivity index (χ2v) is 6.89. The Morgan fingerprint density at radius 3 is 2.91 bits per heavy atom. The average Bonchev–Trinajstić information content (AvgIpc) is 2.76. The lowest BCUT2D eigenvalue weighted by molar-refractivity contribution is 0.343. The van der Waals surface area contributed by atoms with Crippen LogP contribution in [0.15, 0.2) is 28.2 Å². The molecule has 0 spiro atoms. The fourth-order valence-electron chi connectivity index (χ4n) is 2.94. The summed E-state index contributed by atoms with van der Waals surface area (Å²) in [5.41, 5.74) is 6.15. The Labute approximate surface area is 145 Å². The zero-order chi connectivity index (χ0) is 16.4. The van der Waals surface area contributed by atoms with Gasteiger partial charge in [-0.25, -0.2) is 0 Å². The summed E-state index contributed by atoms with van der Waals surface area (Å²) in [6.45, 7) is 6.66. The molecule has 0 fully saturated rings. The summed E-state index contributed by atoms with van der Waals surface area (Å²) in [7, 11) is 2.00. The van der Waals surface area contributed by atoms with Crippen LogP contribution in [-0.4, -0.2) is 29.5 Å². The van der Waals surface area contributed by atoms with Gasteiger partial charge < -0.3 is 10.1 Å². The zero-order valence-corrected chi connectivity index (χ0v) is 15.4. The zero-order valence-electron chi connectivity index (χ0n) is 13.8. The largest absolute Gasteiger partial charge is 0.489 e. The van der Waals surface area contributed by atoms with Gasteiger partial charge in [-0.2, -0.15) is 5.10 Å². The van der Waals surface area contributed by atoms with Crippen LogP contribution in [0.4, 0.5) is 0 Å². The van der Waals surface area contributed by atoms with Gasteiger partial charge in [0.15, 0.2) is 0 Å². The predicted molar refractivity (Wildman–Crippen MR) is 96.9 cm³/mol. The molecule has 0 radical (unpaired) electrons. The number of hydrogen-bond donors (Lipinski definition) is 1. The van der Waals surface area contributed by atoms with Crippen molar-refractivity contribution < 1.29 is 4.74 Å². The van der Waals surface area contributed by atoms with E-state index in [1.54, 1.807) is 0 Å². The van der Waals surface area contributed by atoms with E-state index in [9.17, 15) is 0 Å². The molecule has 1 aromatic carbocycles. The number of rotatable bonds is 5. The lowest BCUT2D eigenvalue weighted by atomic mass is 10.1. The molecule has 122 valence electrons. The van der Waals surface area contributed by atoms with Crippen LogP contribution in [-0.2, 0) is 13.5 Å². The highest BCUT2D eigenvalue weighted by atomic mass is 79.9. The number of ether oxygens (including phenoxy) is 1. The number of aryl methyl sites for hydroxylation is 2. The van der Waals surface area contributed by atoms with Crippen LogP contribution in [0.25, 0.3) is 6.08 Å². The summed E-state index contributed by atoms with van der Waals surface area (Å²) in [4.78, 5) is 0. The highest BCUT2D eigenvalue weighted by Gasteiger charge is 2.12. The van der Waals surface area contributed by atoms with Gasteiger partial charge in [0.25, 0.3) is 0 Å². The predicted octanol–water partition coefficient (Wildman–Crippen LogP) is 3.41. The van der Waals surface area contributed by atoms with E-state index in [2.05, 4.69) is 52.3 Å². The third-order valence-corrected chi connectivity index (χ3v) is 4.80. The van der Waals surface area contributed by atoms with Crippen molar-refractivity contribution >= 4 is 22.0 Å². The molecule has 3 rings (SSSR count). The fourth-order valence-corrected chi connectivity index (χ4v) is 3.32. The average molecular weight is 376 g/mol. The molecule has 2 aromatic rings. The number of nitrogens with one attached hydrogen (secondary N) is 1. The lowest BCUT2D eigenvalue weighted by Gasteiger charge is -2.18. The second kappa shape index (κ2) is 6.89. The molecule has 0 saturated carbocycles. The summed E-state index contributed by atoms with van der Waals surface area (Å²) >= 11 is 3.51. The summed E-state index contributed by atoms with van der Waals surface area (Å²) in [5.74, 6) is 0.957. The van der Waals surface area contributed by atoms with Gasteiger partial charge >= 0.3 is 0 Å². The third-order valence-electron chi connectivity index (χ3n) is 4.31. The monoisotopic (exact) mass is 375 g/mol. The molecule has 1 aliphatic rings. The Bertz CT molecular complexity index is 749. The number of fused-ring (bicyclic) bond motifs is 1. The Morgan fingerprint density at radius 1 is 1.35 bits per heavy atom. The summed E-state index contributed by atoms with van der Waals surface area (Å²) < 4.78 is 8.84. The van der Waals surface area contributed by atoms with E-state index in [4.69, 9.17) is 4.74 Å². The van der Waals surface area contributed by atoms with E-state index in [0.29, 0.717) is 6.61 Å². The molecule has 0 aliphatic carbocycles. The smallest absolute Gasteiger partial charge is 0.127 e. The van der Waals surface area contributed by atoms with E-state index >= 15 is 0 Å². The molecular formula is C18H22BrN3O. The molecule has 1 aromatic heterocycles. The van der Waals surface area contributed by atoms with Crippen molar-refractivity contribution in [3.8, 4) is 5.75 Å². The Morgan fingerprint density at radius 2 is 2.17 bits per heavy atom. The normalized spacial score (nSPS) is 13.5. The first-order chi connectivity index (χ1) is 11.0. The summed E-state index contributed by atoms with van der Waals surface area (Å²) in [6, 6.07) is 6.11. The van der Waals surface area contributed by atoms with Crippen LogP contribution in [0.5, 0.6) is 5.75 Å². The molecule has 23 heavy (non-hydrogen) atoms. The minimum atomic E-state index is 0.659.